The number of fused-ring (bicyclic) bond motifs is 6. The summed E-state index contributed by atoms with van der Waals surface area (Å²) >= 11 is 0. The lowest BCUT2D eigenvalue weighted by molar-refractivity contribution is 0.669. The van der Waals surface area contributed by atoms with Crippen molar-refractivity contribution in [1.29, 1.82) is 0 Å². The Balaban J connectivity index is 1.21. The zero-order valence-electron chi connectivity index (χ0n) is 31.3. The van der Waals surface area contributed by atoms with Crippen LogP contribution in [0.15, 0.2) is 211 Å². The molecular formula is C53H34N4O. The van der Waals surface area contributed by atoms with E-state index in [2.05, 4.69) is 144 Å². The third-order valence-electron chi connectivity index (χ3n) is 10.9. The van der Waals surface area contributed by atoms with Crippen molar-refractivity contribution in [2.24, 2.45) is 0 Å². The Hall–Kier alpha value is -7.89. The van der Waals surface area contributed by atoms with E-state index in [-0.39, 0.29) is 0 Å². The second-order valence-electron chi connectivity index (χ2n) is 14.4. The molecule has 272 valence electrons. The molecule has 0 amide bonds. The Morgan fingerprint density at radius 2 is 0.862 bits per heavy atom. The van der Waals surface area contributed by atoms with Crippen molar-refractivity contribution in [3.05, 3.63) is 206 Å². The van der Waals surface area contributed by atoms with Crippen LogP contribution in [0.25, 0.3) is 88.8 Å². The zero-order valence-corrected chi connectivity index (χ0v) is 31.3. The molecule has 0 bridgehead atoms. The summed E-state index contributed by atoms with van der Waals surface area (Å²) < 4.78 is 6.86. The van der Waals surface area contributed by atoms with E-state index in [0.717, 1.165) is 77.4 Å². The Kier molecular flexibility index (Phi) is 8.07. The number of anilines is 3. The SMILES string of the molecule is c1ccc(-c2ccc(N(c3ccc4ccccc4c3)c3cc(-c4nc(-c5ccccc5)nc(-c5ccccc5)n4)c4c(c3)oc3ccc5ccccc5c34)cc2)cc1. The summed E-state index contributed by atoms with van der Waals surface area (Å²) in [6, 6.07) is 71.6. The number of furan rings is 1. The van der Waals surface area contributed by atoms with E-state index in [1.807, 2.05) is 66.7 Å². The molecule has 0 spiro atoms. The Bertz CT molecular complexity index is 3210. The lowest BCUT2D eigenvalue weighted by atomic mass is 9.99. The first-order valence-electron chi connectivity index (χ1n) is 19.4. The molecule has 2 aromatic heterocycles. The minimum Gasteiger partial charge on any atom is -0.456 e. The molecule has 0 radical (unpaired) electrons. The number of nitrogens with zero attached hydrogens (tertiary/aromatic N) is 4. The number of hydrogen-bond acceptors (Lipinski definition) is 5. The first-order valence-corrected chi connectivity index (χ1v) is 19.4. The second-order valence-corrected chi connectivity index (χ2v) is 14.4. The van der Waals surface area contributed by atoms with Gasteiger partial charge in [-0.1, -0.05) is 164 Å². The van der Waals surface area contributed by atoms with E-state index in [1.54, 1.807) is 0 Å². The number of aromatic nitrogens is 3. The summed E-state index contributed by atoms with van der Waals surface area (Å²) in [5, 5.41) is 6.56. The van der Waals surface area contributed by atoms with Crippen LogP contribution in [0, 0.1) is 0 Å². The molecule has 0 aliphatic carbocycles. The van der Waals surface area contributed by atoms with Crippen LogP contribution in [-0.4, -0.2) is 15.0 Å². The summed E-state index contributed by atoms with van der Waals surface area (Å²) in [7, 11) is 0. The van der Waals surface area contributed by atoms with E-state index < -0.39 is 0 Å². The van der Waals surface area contributed by atoms with Crippen LogP contribution in [0.5, 0.6) is 0 Å². The van der Waals surface area contributed by atoms with Crippen LogP contribution in [0.3, 0.4) is 0 Å². The van der Waals surface area contributed by atoms with Crippen LogP contribution in [-0.2, 0) is 0 Å². The lowest BCUT2D eigenvalue weighted by Gasteiger charge is -2.26. The van der Waals surface area contributed by atoms with Gasteiger partial charge in [0.05, 0.1) is 5.69 Å². The largest absolute Gasteiger partial charge is 0.456 e. The van der Waals surface area contributed by atoms with Gasteiger partial charge >= 0.3 is 0 Å². The van der Waals surface area contributed by atoms with Crippen molar-refractivity contribution >= 4 is 60.5 Å². The first kappa shape index (κ1) is 33.4. The molecule has 9 aromatic carbocycles. The summed E-state index contributed by atoms with van der Waals surface area (Å²) in [6.07, 6.45) is 0. The molecule has 0 saturated carbocycles. The van der Waals surface area contributed by atoms with Gasteiger partial charge in [0.25, 0.3) is 0 Å². The molecule has 5 heteroatoms. The van der Waals surface area contributed by atoms with E-state index in [1.165, 1.54) is 10.9 Å². The number of rotatable bonds is 7. The van der Waals surface area contributed by atoms with Crippen molar-refractivity contribution in [3.63, 3.8) is 0 Å². The Morgan fingerprint density at radius 3 is 1.55 bits per heavy atom. The molecule has 0 unspecified atom stereocenters. The minimum atomic E-state index is 0.563. The Labute approximate surface area is 335 Å². The van der Waals surface area contributed by atoms with E-state index in [9.17, 15) is 0 Å². The van der Waals surface area contributed by atoms with Gasteiger partial charge in [-0.3, -0.25) is 0 Å². The van der Waals surface area contributed by atoms with E-state index in [0.29, 0.717) is 17.5 Å². The average Bonchev–Trinajstić information content (AvgIpc) is 3.69. The molecule has 0 N–H and O–H groups in total. The van der Waals surface area contributed by atoms with Crippen LogP contribution in [0.2, 0.25) is 0 Å². The van der Waals surface area contributed by atoms with Gasteiger partial charge in [-0.2, -0.15) is 0 Å². The minimum absolute atomic E-state index is 0.563. The monoisotopic (exact) mass is 742 g/mol. The maximum Gasteiger partial charge on any atom is 0.164 e. The van der Waals surface area contributed by atoms with Gasteiger partial charge in [-0.15, -0.1) is 0 Å². The van der Waals surface area contributed by atoms with E-state index >= 15 is 0 Å². The van der Waals surface area contributed by atoms with Crippen molar-refractivity contribution < 1.29 is 4.42 Å². The summed E-state index contributed by atoms with van der Waals surface area (Å²) in [6.45, 7) is 0. The molecule has 0 fully saturated rings. The highest BCUT2D eigenvalue weighted by Crippen LogP contribution is 2.45. The van der Waals surface area contributed by atoms with Crippen molar-refractivity contribution in [3.8, 4) is 45.3 Å². The maximum atomic E-state index is 6.86. The second kappa shape index (κ2) is 14.0. The molecule has 0 aliphatic rings. The fraction of sp³-hybridized carbons (Fsp3) is 0. The molecule has 11 rings (SSSR count). The first-order chi connectivity index (χ1) is 28.7. The lowest BCUT2D eigenvalue weighted by Crippen LogP contribution is -2.10. The summed E-state index contributed by atoms with van der Waals surface area (Å²) in [5.74, 6) is 1.76. The van der Waals surface area contributed by atoms with Crippen LogP contribution >= 0.6 is 0 Å². The highest BCUT2D eigenvalue weighted by molar-refractivity contribution is 6.23. The number of hydrogen-bond donors (Lipinski definition) is 0. The zero-order chi connectivity index (χ0) is 38.4. The fourth-order valence-corrected chi connectivity index (χ4v) is 8.08. The standard InChI is InChI=1S/C53H34N4O/c1-4-14-35(15-5-1)37-24-28-42(29-25-37)57(43-30-26-36-16-10-11-22-41(36)32-43)44-33-46(50-48(34-44)58-47-31-27-38-17-12-13-23-45(38)49(47)50)53-55-51(39-18-6-2-7-19-39)54-52(56-53)40-20-8-3-9-21-40/h1-34H. The molecule has 0 atom stereocenters. The fourth-order valence-electron chi connectivity index (χ4n) is 8.08. The van der Waals surface area contributed by atoms with Gasteiger partial charge in [-0.25, -0.2) is 15.0 Å². The van der Waals surface area contributed by atoms with Crippen molar-refractivity contribution in [2.45, 2.75) is 0 Å². The van der Waals surface area contributed by atoms with Gasteiger partial charge in [-0.05, 0) is 69.1 Å². The van der Waals surface area contributed by atoms with Gasteiger partial charge in [0.2, 0.25) is 0 Å². The third kappa shape index (κ3) is 5.94. The Morgan fingerprint density at radius 1 is 0.328 bits per heavy atom. The molecule has 11 aromatic rings. The van der Waals surface area contributed by atoms with E-state index in [4.69, 9.17) is 19.4 Å². The average molecular weight is 743 g/mol. The molecule has 58 heavy (non-hydrogen) atoms. The predicted molar refractivity (Wildman–Crippen MR) is 239 cm³/mol. The molecule has 5 nitrogen and oxygen atoms in total. The molecule has 2 heterocycles. The van der Waals surface area contributed by atoms with Crippen LogP contribution in [0.4, 0.5) is 17.1 Å². The maximum absolute atomic E-state index is 6.86. The molecule has 0 saturated heterocycles. The highest BCUT2D eigenvalue weighted by Gasteiger charge is 2.23. The quantitative estimate of drug-likeness (QED) is 0.163. The van der Waals surface area contributed by atoms with Crippen LogP contribution < -0.4 is 4.90 Å². The van der Waals surface area contributed by atoms with Crippen LogP contribution in [0.1, 0.15) is 0 Å². The third-order valence-corrected chi connectivity index (χ3v) is 10.9. The smallest absolute Gasteiger partial charge is 0.164 e. The van der Waals surface area contributed by atoms with Crippen molar-refractivity contribution in [1.82, 2.24) is 15.0 Å². The highest BCUT2D eigenvalue weighted by atomic mass is 16.3. The van der Waals surface area contributed by atoms with Gasteiger partial charge < -0.3 is 9.32 Å². The summed E-state index contributed by atoms with van der Waals surface area (Å²) in [5.41, 5.74) is 9.48. The topological polar surface area (TPSA) is 55.1 Å². The molecular weight excluding hydrogens is 709 g/mol. The number of benzene rings is 9. The van der Waals surface area contributed by atoms with Gasteiger partial charge in [0.15, 0.2) is 17.5 Å². The van der Waals surface area contributed by atoms with Gasteiger partial charge in [0, 0.05) is 44.9 Å². The van der Waals surface area contributed by atoms with Crippen molar-refractivity contribution in [2.75, 3.05) is 4.90 Å². The summed E-state index contributed by atoms with van der Waals surface area (Å²) in [4.78, 5) is 17.9. The predicted octanol–water partition coefficient (Wildman–Crippen LogP) is 14.2. The normalized spacial score (nSPS) is 11.4. The van der Waals surface area contributed by atoms with Gasteiger partial charge in [0.1, 0.15) is 11.2 Å². The molecule has 0 aliphatic heterocycles.